The second-order valence-corrected chi connectivity index (χ2v) is 6.38. The maximum atomic E-state index is 14.0. The summed E-state index contributed by atoms with van der Waals surface area (Å²) in [5.41, 5.74) is 3.49. The molecule has 0 radical (unpaired) electrons. The largest absolute Gasteiger partial charge is 0.491 e. The first-order chi connectivity index (χ1) is 12.6. The van der Waals surface area contributed by atoms with Crippen molar-refractivity contribution in [3.8, 4) is 28.3 Å². The fourth-order valence-corrected chi connectivity index (χ4v) is 2.89. The molecule has 0 amide bonds. The van der Waals surface area contributed by atoms with Crippen LogP contribution in [0.1, 0.15) is 13.8 Å². The third-order valence-corrected chi connectivity index (χ3v) is 4.03. The standard InChI is InChI=1S/C22H18FNO2/c1-14(2)25-17-7-5-6-16(12-17)22-24-20-11-10-15(13-21(20)26-22)18-8-3-4-9-19(18)23/h3-14H,1-2H3. The van der Waals surface area contributed by atoms with Gasteiger partial charge in [-0.15, -0.1) is 0 Å². The van der Waals surface area contributed by atoms with Crippen LogP contribution in [0.4, 0.5) is 4.39 Å². The first kappa shape index (κ1) is 16.3. The van der Waals surface area contributed by atoms with Gasteiger partial charge in [0.25, 0.3) is 0 Å². The molecule has 0 aliphatic heterocycles. The number of aromatic nitrogens is 1. The minimum atomic E-state index is -0.259. The van der Waals surface area contributed by atoms with Crippen molar-refractivity contribution in [1.82, 2.24) is 4.98 Å². The molecule has 0 aliphatic rings. The Morgan fingerprint density at radius 1 is 0.923 bits per heavy atom. The Bertz CT molecular complexity index is 1070. The number of oxazole rings is 1. The van der Waals surface area contributed by atoms with Gasteiger partial charge in [0.05, 0.1) is 6.10 Å². The first-order valence-corrected chi connectivity index (χ1v) is 8.53. The van der Waals surface area contributed by atoms with Gasteiger partial charge in [0.15, 0.2) is 5.58 Å². The van der Waals surface area contributed by atoms with Crippen LogP contribution in [0.15, 0.2) is 71.1 Å². The second-order valence-electron chi connectivity index (χ2n) is 6.38. The summed E-state index contributed by atoms with van der Waals surface area (Å²) in [7, 11) is 0. The van der Waals surface area contributed by atoms with E-state index < -0.39 is 0 Å². The molecule has 26 heavy (non-hydrogen) atoms. The lowest BCUT2D eigenvalue weighted by Crippen LogP contribution is -2.05. The Kier molecular flexibility index (Phi) is 4.17. The van der Waals surface area contributed by atoms with Crippen LogP contribution < -0.4 is 4.74 Å². The van der Waals surface area contributed by atoms with Gasteiger partial charge in [0.2, 0.25) is 5.89 Å². The molecule has 0 saturated carbocycles. The van der Waals surface area contributed by atoms with E-state index in [1.165, 1.54) is 6.07 Å². The Hall–Kier alpha value is -3.14. The summed E-state index contributed by atoms with van der Waals surface area (Å²) in [6.45, 7) is 3.96. The van der Waals surface area contributed by atoms with Crippen molar-refractivity contribution in [1.29, 1.82) is 0 Å². The lowest BCUT2D eigenvalue weighted by Gasteiger charge is -2.09. The van der Waals surface area contributed by atoms with Crippen molar-refractivity contribution < 1.29 is 13.5 Å². The minimum absolute atomic E-state index is 0.0946. The van der Waals surface area contributed by atoms with Crippen LogP contribution in [0.25, 0.3) is 33.7 Å². The van der Waals surface area contributed by atoms with Gasteiger partial charge in [-0.25, -0.2) is 9.37 Å². The topological polar surface area (TPSA) is 35.3 Å². The Balaban J connectivity index is 1.74. The first-order valence-electron chi connectivity index (χ1n) is 8.53. The summed E-state index contributed by atoms with van der Waals surface area (Å²) >= 11 is 0. The molecule has 4 rings (SSSR count). The highest BCUT2D eigenvalue weighted by Gasteiger charge is 2.12. The fraction of sp³-hybridized carbons (Fsp3) is 0.136. The van der Waals surface area contributed by atoms with E-state index in [1.807, 2.05) is 62.4 Å². The number of benzene rings is 3. The zero-order valence-corrected chi connectivity index (χ0v) is 14.6. The maximum Gasteiger partial charge on any atom is 0.227 e. The van der Waals surface area contributed by atoms with Crippen molar-refractivity contribution >= 4 is 11.1 Å². The van der Waals surface area contributed by atoms with E-state index in [9.17, 15) is 4.39 Å². The average molecular weight is 347 g/mol. The van der Waals surface area contributed by atoms with Gasteiger partial charge in [0.1, 0.15) is 17.1 Å². The van der Waals surface area contributed by atoms with Crippen LogP contribution in [0.3, 0.4) is 0 Å². The molecule has 4 heteroatoms. The molecule has 0 saturated heterocycles. The summed E-state index contributed by atoms with van der Waals surface area (Å²) < 4.78 is 25.7. The molecule has 0 bridgehead atoms. The molecule has 3 nitrogen and oxygen atoms in total. The maximum absolute atomic E-state index is 14.0. The van der Waals surface area contributed by atoms with E-state index in [0.717, 1.165) is 22.4 Å². The molecule has 0 aliphatic carbocycles. The van der Waals surface area contributed by atoms with Crippen molar-refractivity contribution in [2.75, 3.05) is 0 Å². The molecule has 130 valence electrons. The van der Waals surface area contributed by atoms with Gasteiger partial charge >= 0.3 is 0 Å². The second kappa shape index (κ2) is 6.64. The predicted octanol–water partition coefficient (Wildman–Crippen LogP) is 6.09. The monoisotopic (exact) mass is 347 g/mol. The normalized spacial score (nSPS) is 11.2. The number of rotatable bonds is 4. The van der Waals surface area contributed by atoms with Crippen LogP contribution in [0, 0.1) is 5.82 Å². The molecular formula is C22H18FNO2. The van der Waals surface area contributed by atoms with E-state index in [1.54, 1.807) is 12.1 Å². The van der Waals surface area contributed by atoms with E-state index >= 15 is 0 Å². The average Bonchev–Trinajstić information content (AvgIpc) is 3.05. The Labute approximate surface area is 151 Å². The third kappa shape index (κ3) is 3.18. The van der Waals surface area contributed by atoms with E-state index in [-0.39, 0.29) is 11.9 Å². The summed E-state index contributed by atoms with van der Waals surface area (Å²) in [5.74, 6) is 1.02. The predicted molar refractivity (Wildman–Crippen MR) is 101 cm³/mol. The number of hydrogen-bond donors (Lipinski definition) is 0. The van der Waals surface area contributed by atoms with Crippen LogP contribution >= 0.6 is 0 Å². The molecule has 0 unspecified atom stereocenters. The SMILES string of the molecule is CC(C)Oc1cccc(-c2nc3ccc(-c4ccccc4F)cc3o2)c1. The highest BCUT2D eigenvalue weighted by molar-refractivity contribution is 5.82. The van der Waals surface area contributed by atoms with Gasteiger partial charge in [-0.05, 0) is 55.8 Å². The number of fused-ring (bicyclic) bond motifs is 1. The molecule has 0 atom stereocenters. The Morgan fingerprint density at radius 3 is 2.58 bits per heavy atom. The quantitative estimate of drug-likeness (QED) is 0.448. The van der Waals surface area contributed by atoms with E-state index in [0.29, 0.717) is 17.0 Å². The van der Waals surface area contributed by atoms with E-state index in [2.05, 4.69) is 4.98 Å². The van der Waals surface area contributed by atoms with Crippen molar-refractivity contribution in [2.24, 2.45) is 0 Å². The number of nitrogens with zero attached hydrogens (tertiary/aromatic N) is 1. The van der Waals surface area contributed by atoms with Gasteiger partial charge in [0, 0.05) is 11.1 Å². The van der Waals surface area contributed by atoms with Crippen LogP contribution in [0.2, 0.25) is 0 Å². The third-order valence-electron chi connectivity index (χ3n) is 4.03. The smallest absolute Gasteiger partial charge is 0.227 e. The summed E-state index contributed by atoms with van der Waals surface area (Å²) in [5, 5.41) is 0. The molecular weight excluding hydrogens is 329 g/mol. The molecule has 4 aromatic rings. The Morgan fingerprint density at radius 2 is 1.77 bits per heavy atom. The summed E-state index contributed by atoms with van der Waals surface area (Å²) in [6.07, 6.45) is 0.0946. The highest BCUT2D eigenvalue weighted by Crippen LogP contribution is 2.31. The van der Waals surface area contributed by atoms with Gasteiger partial charge in [-0.2, -0.15) is 0 Å². The van der Waals surface area contributed by atoms with Crippen LogP contribution in [-0.4, -0.2) is 11.1 Å². The highest BCUT2D eigenvalue weighted by atomic mass is 19.1. The van der Waals surface area contributed by atoms with Crippen LogP contribution in [0.5, 0.6) is 5.75 Å². The zero-order chi connectivity index (χ0) is 18.1. The lowest BCUT2D eigenvalue weighted by atomic mass is 10.1. The molecule has 0 N–H and O–H groups in total. The van der Waals surface area contributed by atoms with Gasteiger partial charge in [-0.3, -0.25) is 0 Å². The number of halogens is 1. The molecule has 1 heterocycles. The lowest BCUT2D eigenvalue weighted by molar-refractivity contribution is 0.242. The summed E-state index contributed by atoms with van der Waals surface area (Å²) in [6, 6.07) is 19.9. The number of hydrogen-bond acceptors (Lipinski definition) is 3. The summed E-state index contributed by atoms with van der Waals surface area (Å²) in [4.78, 5) is 4.54. The zero-order valence-electron chi connectivity index (χ0n) is 14.6. The molecule has 3 aromatic carbocycles. The molecule has 0 fully saturated rings. The van der Waals surface area contributed by atoms with Crippen LogP contribution in [-0.2, 0) is 0 Å². The van der Waals surface area contributed by atoms with Crippen molar-refractivity contribution in [2.45, 2.75) is 20.0 Å². The number of ether oxygens (including phenoxy) is 1. The van der Waals surface area contributed by atoms with Gasteiger partial charge < -0.3 is 9.15 Å². The van der Waals surface area contributed by atoms with Crippen molar-refractivity contribution in [3.05, 3.63) is 72.5 Å². The fourth-order valence-electron chi connectivity index (χ4n) is 2.89. The van der Waals surface area contributed by atoms with Crippen molar-refractivity contribution in [3.63, 3.8) is 0 Å². The molecule has 1 aromatic heterocycles. The molecule has 0 spiro atoms. The minimum Gasteiger partial charge on any atom is -0.491 e. The van der Waals surface area contributed by atoms with Gasteiger partial charge in [-0.1, -0.05) is 30.3 Å². The van der Waals surface area contributed by atoms with E-state index in [4.69, 9.17) is 9.15 Å².